The van der Waals surface area contributed by atoms with Crippen molar-refractivity contribution in [3.63, 3.8) is 0 Å². The van der Waals surface area contributed by atoms with Crippen molar-refractivity contribution < 1.29 is 19.4 Å². The zero-order chi connectivity index (χ0) is 15.2. The summed E-state index contributed by atoms with van der Waals surface area (Å²) in [5, 5.41) is 8.85. The van der Waals surface area contributed by atoms with Crippen molar-refractivity contribution in [2.24, 2.45) is 0 Å². The summed E-state index contributed by atoms with van der Waals surface area (Å²) in [7, 11) is 0. The normalized spacial score (nSPS) is 17.7. The van der Waals surface area contributed by atoms with Gasteiger partial charge in [0.25, 0.3) is 0 Å². The number of likely N-dealkylation sites (N-methyl/N-ethyl adjacent to an activating group) is 1. The highest BCUT2D eigenvalue weighted by molar-refractivity contribution is 5.87. The van der Waals surface area contributed by atoms with E-state index in [0.29, 0.717) is 19.5 Å². The summed E-state index contributed by atoms with van der Waals surface area (Å²) in [5.74, 6) is -0.905. The van der Waals surface area contributed by atoms with Gasteiger partial charge in [0.05, 0.1) is 18.1 Å². The molecule has 21 heavy (non-hydrogen) atoms. The molecular weight excluding hydrogens is 270 g/mol. The van der Waals surface area contributed by atoms with Gasteiger partial charge in [-0.15, -0.1) is 0 Å². The van der Waals surface area contributed by atoms with Gasteiger partial charge in [0.1, 0.15) is 0 Å². The molecule has 0 bridgehead atoms. The molecule has 1 heterocycles. The summed E-state index contributed by atoms with van der Waals surface area (Å²) >= 11 is 0. The minimum atomic E-state index is -0.957. The third-order valence-electron chi connectivity index (χ3n) is 3.74. The Hall–Kier alpha value is -1.88. The molecule has 5 nitrogen and oxygen atoms in total. The number of aromatic carboxylic acids is 1. The second-order valence-corrected chi connectivity index (χ2v) is 5.25. The topological polar surface area (TPSA) is 66.8 Å². The molecule has 0 saturated carbocycles. The minimum Gasteiger partial charge on any atom is -0.478 e. The van der Waals surface area contributed by atoms with Gasteiger partial charge in [0.2, 0.25) is 5.91 Å². The summed E-state index contributed by atoms with van der Waals surface area (Å²) in [6, 6.07) is 6.45. The zero-order valence-electron chi connectivity index (χ0n) is 12.2. The van der Waals surface area contributed by atoms with Crippen LogP contribution in [0, 0.1) is 0 Å². The molecule has 2 rings (SSSR count). The van der Waals surface area contributed by atoms with Gasteiger partial charge in [-0.05, 0) is 37.5 Å². The highest BCUT2D eigenvalue weighted by atomic mass is 16.5. The number of benzene rings is 1. The number of ether oxygens (including phenoxy) is 1. The molecule has 1 aromatic rings. The molecule has 1 N–H and O–H groups in total. The molecule has 1 aromatic carbocycles. The molecule has 1 fully saturated rings. The van der Waals surface area contributed by atoms with Gasteiger partial charge >= 0.3 is 5.97 Å². The Morgan fingerprint density at radius 3 is 2.57 bits per heavy atom. The molecular formula is C16H21NO4. The van der Waals surface area contributed by atoms with Gasteiger partial charge in [0.15, 0.2) is 0 Å². The Kier molecular flexibility index (Phi) is 5.33. The largest absolute Gasteiger partial charge is 0.478 e. The molecule has 114 valence electrons. The Balaban J connectivity index is 1.93. The molecule has 1 amide bonds. The van der Waals surface area contributed by atoms with Gasteiger partial charge in [0, 0.05) is 19.7 Å². The van der Waals surface area contributed by atoms with Crippen molar-refractivity contribution in [3.05, 3.63) is 35.4 Å². The average molecular weight is 291 g/mol. The predicted octanol–water partition coefficient (Wildman–Crippen LogP) is 1.95. The van der Waals surface area contributed by atoms with Crippen LogP contribution in [-0.2, 0) is 16.0 Å². The van der Waals surface area contributed by atoms with E-state index < -0.39 is 5.97 Å². The number of amides is 1. The first kappa shape index (κ1) is 15.5. The first-order valence-electron chi connectivity index (χ1n) is 7.31. The highest BCUT2D eigenvalue weighted by Gasteiger charge is 2.21. The molecule has 0 aromatic heterocycles. The molecule has 1 aliphatic rings. The molecule has 0 spiro atoms. The molecule has 1 unspecified atom stereocenters. The number of carboxylic acids is 1. The summed E-state index contributed by atoms with van der Waals surface area (Å²) in [5.41, 5.74) is 1.06. The predicted molar refractivity (Wildman–Crippen MR) is 78.3 cm³/mol. The monoisotopic (exact) mass is 291 g/mol. The minimum absolute atomic E-state index is 0.0519. The maximum Gasteiger partial charge on any atom is 0.335 e. The van der Waals surface area contributed by atoms with E-state index in [1.165, 1.54) is 12.1 Å². The molecule has 1 saturated heterocycles. The fraction of sp³-hybridized carbons (Fsp3) is 0.500. The van der Waals surface area contributed by atoms with Crippen molar-refractivity contribution >= 4 is 11.9 Å². The molecule has 0 aliphatic carbocycles. The number of hydrogen-bond donors (Lipinski definition) is 1. The smallest absolute Gasteiger partial charge is 0.335 e. The molecule has 1 atom stereocenters. The Morgan fingerprint density at radius 1 is 1.33 bits per heavy atom. The van der Waals surface area contributed by atoms with E-state index in [0.717, 1.165) is 25.0 Å². The van der Waals surface area contributed by atoms with Crippen LogP contribution in [0.2, 0.25) is 0 Å². The second kappa shape index (κ2) is 7.22. The number of hydrogen-bond acceptors (Lipinski definition) is 3. The van der Waals surface area contributed by atoms with Crippen LogP contribution in [0.5, 0.6) is 0 Å². The van der Waals surface area contributed by atoms with E-state index in [2.05, 4.69) is 0 Å². The van der Waals surface area contributed by atoms with E-state index in [-0.39, 0.29) is 17.6 Å². The summed E-state index contributed by atoms with van der Waals surface area (Å²) in [6.45, 7) is 4.04. The number of carbonyl (C=O) groups is 2. The van der Waals surface area contributed by atoms with E-state index in [4.69, 9.17) is 9.84 Å². The molecule has 1 aliphatic heterocycles. The first-order valence-corrected chi connectivity index (χ1v) is 7.31. The van der Waals surface area contributed by atoms with Crippen molar-refractivity contribution in [1.82, 2.24) is 4.90 Å². The Labute approximate surface area is 124 Å². The van der Waals surface area contributed by atoms with Crippen LogP contribution in [0.25, 0.3) is 0 Å². The maximum absolute atomic E-state index is 12.3. The van der Waals surface area contributed by atoms with Gasteiger partial charge in [-0.25, -0.2) is 4.79 Å². The highest BCUT2D eigenvalue weighted by Crippen LogP contribution is 2.14. The van der Waals surface area contributed by atoms with Crippen molar-refractivity contribution in [1.29, 1.82) is 0 Å². The van der Waals surface area contributed by atoms with Crippen LogP contribution >= 0.6 is 0 Å². The molecule has 0 radical (unpaired) electrons. The van der Waals surface area contributed by atoms with E-state index in [1.807, 2.05) is 6.92 Å². The summed E-state index contributed by atoms with van der Waals surface area (Å²) < 4.78 is 5.57. The second-order valence-electron chi connectivity index (χ2n) is 5.25. The lowest BCUT2D eigenvalue weighted by Gasteiger charge is -2.24. The third kappa shape index (κ3) is 4.29. The maximum atomic E-state index is 12.3. The van der Waals surface area contributed by atoms with E-state index in [1.54, 1.807) is 17.0 Å². The van der Waals surface area contributed by atoms with Gasteiger partial charge < -0.3 is 14.7 Å². The number of rotatable bonds is 6. The SMILES string of the molecule is CCN(CC1CCCO1)C(=O)Cc1ccc(C(=O)O)cc1. The van der Waals surface area contributed by atoms with Crippen molar-refractivity contribution in [2.75, 3.05) is 19.7 Å². The van der Waals surface area contributed by atoms with Crippen LogP contribution in [-0.4, -0.2) is 47.7 Å². The van der Waals surface area contributed by atoms with Crippen LogP contribution < -0.4 is 0 Å². The van der Waals surface area contributed by atoms with Gasteiger partial charge in [-0.1, -0.05) is 12.1 Å². The standard InChI is InChI=1S/C16H21NO4/c1-2-17(11-14-4-3-9-21-14)15(18)10-12-5-7-13(8-6-12)16(19)20/h5-8,14H,2-4,9-11H2,1H3,(H,19,20). The zero-order valence-corrected chi connectivity index (χ0v) is 12.2. The van der Waals surface area contributed by atoms with Crippen LogP contribution in [0.1, 0.15) is 35.7 Å². The van der Waals surface area contributed by atoms with Crippen LogP contribution in [0.3, 0.4) is 0 Å². The van der Waals surface area contributed by atoms with Crippen LogP contribution in [0.15, 0.2) is 24.3 Å². The van der Waals surface area contributed by atoms with Crippen molar-refractivity contribution in [2.45, 2.75) is 32.3 Å². The summed E-state index contributed by atoms with van der Waals surface area (Å²) in [4.78, 5) is 24.9. The number of carboxylic acid groups (broad SMARTS) is 1. The van der Waals surface area contributed by atoms with Crippen LogP contribution in [0.4, 0.5) is 0 Å². The van der Waals surface area contributed by atoms with Crippen molar-refractivity contribution in [3.8, 4) is 0 Å². The van der Waals surface area contributed by atoms with Gasteiger partial charge in [-0.3, -0.25) is 4.79 Å². The van der Waals surface area contributed by atoms with E-state index >= 15 is 0 Å². The Morgan fingerprint density at radius 2 is 2.05 bits per heavy atom. The van der Waals surface area contributed by atoms with E-state index in [9.17, 15) is 9.59 Å². The number of carbonyl (C=O) groups excluding carboxylic acids is 1. The third-order valence-corrected chi connectivity index (χ3v) is 3.74. The quantitative estimate of drug-likeness (QED) is 0.870. The fourth-order valence-electron chi connectivity index (χ4n) is 2.49. The van der Waals surface area contributed by atoms with Gasteiger partial charge in [-0.2, -0.15) is 0 Å². The lowest BCUT2D eigenvalue weighted by Crippen LogP contribution is -2.38. The number of nitrogens with zero attached hydrogens (tertiary/aromatic N) is 1. The average Bonchev–Trinajstić information content (AvgIpc) is 2.98. The Bertz CT molecular complexity index is 492. The fourth-order valence-corrected chi connectivity index (χ4v) is 2.49. The summed E-state index contributed by atoms with van der Waals surface area (Å²) in [6.07, 6.45) is 2.52. The first-order chi connectivity index (χ1) is 10.1. The lowest BCUT2D eigenvalue weighted by molar-refractivity contribution is -0.131. The lowest BCUT2D eigenvalue weighted by atomic mass is 10.1. The molecule has 5 heteroatoms.